The Kier molecular flexibility index (Phi) is 5.24. The third kappa shape index (κ3) is 3.60. The molecular formula is C25H21Cl2N3. The van der Waals surface area contributed by atoms with E-state index in [1.54, 1.807) is 0 Å². The molecule has 1 aliphatic heterocycles. The van der Waals surface area contributed by atoms with Crippen LogP contribution < -0.4 is 5.32 Å². The average molecular weight is 434 g/mol. The molecule has 1 N–H and O–H groups in total. The summed E-state index contributed by atoms with van der Waals surface area (Å²) in [5.41, 5.74) is 5.92. The molecule has 2 heterocycles. The van der Waals surface area contributed by atoms with Gasteiger partial charge in [0.2, 0.25) is 0 Å². The van der Waals surface area contributed by atoms with Gasteiger partial charge in [-0.3, -0.25) is 0 Å². The lowest BCUT2D eigenvalue weighted by Crippen LogP contribution is -2.09. The quantitative estimate of drug-likeness (QED) is 0.388. The summed E-state index contributed by atoms with van der Waals surface area (Å²) in [5, 5.41) is 9.59. The number of halogens is 2. The lowest BCUT2D eigenvalue weighted by Gasteiger charge is -2.17. The number of hydrogen-bond donors (Lipinski definition) is 1. The van der Waals surface area contributed by atoms with Gasteiger partial charge in [0.25, 0.3) is 0 Å². The van der Waals surface area contributed by atoms with Gasteiger partial charge in [-0.05, 0) is 35.7 Å². The van der Waals surface area contributed by atoms with Crippen LogP contribution in [0.2, 0.25) is 10.0 Å². The van der Waals surface area contributed by atoms with E-state index in [1.807, 2.05) is 22.9 Å². The van der Waals surface area contributed by atoms with Crippen LogP contribution in [0, 0.1) is 0 Å². The highest BCUT2D eigenvalue weighted by atomic mass is 35.5. The molecule has 0 atom stereocenters. The largest absolute Gasteiger partial charge is 0.369 e. The maximum absolute atomic E-state index is 6.27. The van der Waals surface area contributed by atoms with Crippen molar-refractivity contribution in [2.45, 2.75) is 18.8 Å². The van der Waals surface area contributed by atoms with Gasteiger partial charge in [-0.25, -0.2) is 4.68 Å². The zero-order valence-electron chi connectivity index (χ0n) is 16.4. The van der Waals surface area contributed by atoms with Gasteiger partial charge in [-0.2, -0.15) is 5.10 Å². The van der Waals surface area contributed by atoms with Crippen molar-refractivity contribution >= 4 is 29.0 Å². The van der Waals surface area contributed by atoms with Gasteiger partial charge in [-0.1, -0.05) is 83.9 Å². The van der Waals surface area contributed by atoms with Gasteiger partial charge in [0, 0.05) is 24.4 Å². The number of benzene rings is 3. The maximum atomic E-state index is 6.27. The number of aromatic nitrogens is 2. The summed E-state index contributed by atoms with van der Waals surface area (Å²) in [4.78, 5) is 0. The number of anilines is 1. The average Bonchev–Trinajstić information content (AvgIpc) is 3.39. The fourth-order valence-corrected chi connectivity index (χ4v) is 4.50. The SMILES string of the molecule is Clc1ccc(-n2nc(CC(c3ccccc3)c3ccccc3)c3c2NCC3)cc1Cl. The molecule has 150 valence electrons. The van der Waals surface area contributed by atoms with Crippen molar-refractivity contribution in [3.63, 3.8) is 0 Å². The van der Waals surface area contributed by atoms with Crippen molar-refractivity contribution in [2.24, 2.45) is 0 Å². The predicted octanol–water partition coefficient (Wildman–Crippen LogP) is 6.52. The number of nitrogens with one attached hydrogen (secondary N) is 1. The second-order valence-electron chi connectivity index (χ2n) is 7.54. The Morgan fingerprint density at radius 3 is 2.17 bits per heavy atom. The Morgan fingerprint density at radius 2 is 1.53 bits per heavy atom. The van der Waals surface area contributed by atoms with Gasteiger partial charge in [-0.15, -0.1) is 0 Å². The van der Waals surface area contributed by atoms with Crippen LogP contribution in [0.25, 0.3) is 5.69 Å². The van der Waals surface area contributed by atoms with Gasteiger partial charge < -0.3 is 5.32 Å². The van der Waals surface area contributed by atoms with Crippen molar-refractivity contribution in [3.8, 4) is 5.69 Å². The summed E-state index contributed by atoms with van der Waals surface area (Å²) in [7, 11) is 0. The highest BCUT2D eigenvalue weighted by molar-refractivity contribution is 6.42. The zero-order valence-corrected chi connectivity index (χ0v) is 17.9. The van der Waals surface area contributed by atoms with Crippen LogP contribution in [0.5, 0.6) is 0 Å². The first-order valence-corrected chi connectivity index (χ1v) is 10.9. The van der Waals surface area contributed by atoms with Gasteiger partial charge >= 0.3 is 0 Å². The Morgan fingerprint density at radius 1 is 0.867 bits per heavy atom. The molecule has 0 aliphatic carbocycles. The fraction of sp³-hybridized carbons (Fsp3) is 0.160. The first-order valence-electron chi connectivity index (χ1n) is 10.1. The molecule has 1 aliphatic rings. The minimum absolute atomic E-state index is 0.245. The molecule has 4 aromatic rings. The van der Waals surface area contributed by atoms with Crippen LogP contribution in [0.1, 0.15) is 28.3 Å². The Bertz CT molecular complexity index is 1130. The summed E-state index contributed by atoms with van der Waals surface area (Å²) in [6.07, 6.45) is 1.81. The van der Waals surface area contributed by atoms with Crippen LogP contribution >= 0.6 is 23.2 Å². The highest BCUT2D eigenvalue weighted by Gasteiger charge is 2.26. The number of fused-ring (bicyclic) bond motifs is 1. The second kappa shape index (κ2) is 8.17. The summed E-state index contributed by atoms with van der Waals surface area (Å²) >= 11 is 12.4. The molecule has 5 rings (SSSR count). The molecule has 0 saturated heterocycles. The van der Waals surface area contributed by atoms with Crippen LogP contribution in [0.3, 0.4) is 0 Å². The lowest BCUT2D eigenvalue weighted by atomic mass is 9.86. The Balaban J connectivity index is 1.57. The summed E-state index contributed by atoms with van der Waals surface area (Å²) in [5.74, 6) is 1.30. The molecule has 5 heteroatoms. The first-order chi connectivity index (χ1) is 14.7. The van der Waals surface area contributed by atoms with E-state index in [0.29, 0.717) is 10.0 Å². The van der Waals surface area contributed by atoms with Crippen molar-refractivity contribution < 1.29 is 0 Å². The van der Waals surface area contributed by atoms with E-state index in [0.717, 1.165) is 36.6 Å². The van der Waals surface area contributed by atoms with Crippen LogP contribution in [-0.2, 0) is 12.8 Å². The molecule has 3 nitrogen and oxygen atoms in total. The topological polar surface area (TPSA) is 29.9 Å². The molecule has 1 aromatic heterocycles. The number of rotatable bonds is 5. The third-order valence-electron chi connectivity index (χ3n) is 5.68. The summed E-state index contributed by atoms with van der Waals surface area (Å²) in [6, 6.07) is 27.0. The molecule has 0 unspecified atom stereocenters. The molecule has 0 saturated carbocycles. The molecule has 0 spiro atoms. The van der Waals surface area contributed by atoms with E-state index in [4.69, 9.17) is 28.3 Å². The first kappa shape index (κ1) is 19.2. The molecule has 0 radical (unpaired) electrons. The van der Waals surface area contributed by atoms with E-state index >= 15 is 0 Å². The second-order valence-corrected chi connectivity index (χ2v) is 8.35. The molecule has 30 heavy (non-hydrogen) atoms. The smallest absolute Gasteiger partial charge is 0.133 e. The number of hydrogen-bond acceptors (Lipinski definition) is 2. The molecule has 0 fully saturated rings. The molecule has 3 aromatic carbocycles. The van der Waals surface area contributed by atoms with Gasteiger partial charge in [0.05, 0.1) is 21.4 Å². The van der Waals surface area contributed by atoms with Crippen molar-refractivity contribution in [1.82, 2.24) is 9.78 Å². The normalized spacial score (nSPS) is 12.8. The van der Waals surface area contributed by atoms with Crippen LogP contribution in [-0.4, -0.2) is 16.3 Å². The van der Waals surface area contributed by atoms with Gasteiger partial charge in [0.1, 0.15) is 5.82 Å². The van der Waals surface area contributed by atoms with Crippen molar-refractivity contribution in [2.75, 3.05) is 11.9 Å². The monoisotopic (exact) mass is 433 g/mol. The molecular weight excluding hydrogens is 413 g/mol. The Labute approximate surface area is 186 Å². The minimum Gasteiger partial charge on any atom is -0.369 e. The fourth-order valence-electron chi connectivity index (χ4n) is 4.21. The van der Waals surface area contributed by atoms with E-state index in [2.05, 4.69) is 66.0 Å². The lowest BCUT2D eigenvalue weighted by molar-refractivity contribution is 0.745. The molecule has 0 bridgehead atoms. The minimum atomic E-state index is 0.245. The van der Waals surface area contributed by atoms with Gasteiger partial charge in [0.15, 0.2) is 0 Å². The van der Waals surface area contributed by atoms with Crippen molar-refractivity contribution in [3.05, 3.63) is 111 Å². The van der Waals surface area contributed by atoms with Crippen LogP contribution in [0.15, 0.2) is 78.9 Å². The molecule has 0 amide bonds. The zero-order chi connectivity index (χ0) is 20.5. The third-order valence-corrected chi connectivity index (χ3v) is 6.42. The Hall–Kier alpha value is -2.75. The van der Waals surface area contributed by atoms with E-state index in [1.165, 1.54) is 16.7 Å². The highest BCUT2D eigenvalue weighted by Crippen LogP contribution is 2.35. The van der Waals surface area contributed by atoms with E-state index in [9.17, 15) is 0 Å². The van der Waals surface area contributed by atoms with E-state index in [-0.39, 0.29) is 5.92 Å². The predicted molar refractivity (Wildman–Crippen MR) is 124 cm³/mol. The maximum Gasteiger partial charge on any atom is 0.133 e. The summed E-state index contributed by atoms with van der Waals surface area (Å²) < 4.78 is 1.97. The van der Waals surface area contributed by atoms with Crippen molar-refractivity contribution in [1.29, 1.82) is 0 Å². The number of nitrogens with zero attached hydrogens (tertiary/aromatic N) is 2. The standard InChI is InChI=1S/C25H21Cl2N3/c26-22-12-11-19(15-23(22)27)30-25-20(13-14-28-25)24(29-30)16-21(17-7-3-1-4-8-17)18-9-5-2-6-10-18/h1-12,15,21,28H,13-14,16H2. The summed E-state index contributed by atoms with van der Waals surface area (Å²) in [6.45, 7) is 0.919. The van der Waals surface area contributed by atoms with E-state index < -0.39 is 0 Å². The van der Waals surface area contributed by atoms with Crippen LogP contribution in [0.4, 0.5) is 5.82 Å².